The number of fused-ring (bicyclic) bond motifs is 4. The number of anilines is 1. The number of aliphatic hydroxyl groups excluding tert-OH is 1. The van der Waals surface area contributed by atoms with Crippen molar-refractivity contribution in [1.29, 1.82) is 0 Å². The number of para-hydroxylation sites is 1. The molecule has 3 heterocycles. The average molecular weight is 426 g/mol. The molecule has 3 fully saturated rings. The normalized spacial score (nSPS) is 34.1. The third-order valence-electron chi connectivity index (χ3n) is 7.90. The van der Waals surface area contributed by atoms with Gasteiger partial charge in [0.2, 0.25) is 17.7 Å². The molecule has 1 saturated carbocycles. The fourth-order valence-electron chi connectivity index (χ4n) is 6.43. The molecule has 7 heteroatoms. The third-order valence-corrected chi connectivity index (χ3v) is 7.90. The highest BCUT2D eigenvalue weighted by molar-refractivity contribution is 6.15. The zero-order valence-corrected chi connectivity index (χ0v) is 18.2. The van der Waals surface area contributed by atoms with Crippen LogP contribution >= 0.6 is 0 Å². The number of benzene rings is 1. The van der Waals surface area contributed by atoms with Crippen LogP contribution in [0, 0.1) is 11.8 Å². The number of nitrogens with one attached hydrogen (secondary N) is 2. The molecule has 3 N–H and O–H groups in total. The van der Waals surface area contributed by atoms with Crippen LogP contribution in [0.15, 0.2) is 18.2 Å². The van der Waals surface area contributed by atoms with Gasteiger partial charge in [0.25, 0.3) is 0 Å². The summed E-state index contributed by atoms with van der Waals surface area (Å²) >= 11 is 0. The number of nitrogens with zero attached hydrogens (tertiary/aromatic N) is 1. The molecule has 1 aliphatic carbocycles. The maximum atomic E-state index is 13.9. The molecule has 5 rings (SSSR count). The Kier molecular flexibility index (Phi) is 4.94. The first-order valence-corrected chi connectivity index (χ1v) is 11.7. The van der Waals surface area contributed by atoms with Crippen molar-refractivity contribution in [1.82, 2.24) is 10.2 Å². The molecule has 2 saturated heterocycles. The Morgan fingerprint density at radius 2 is 1.84 bits per heavy atom. The van der Waals surface area contributed by atoms with Crippen LogP contribution in [0.2, 0.25) is 0 Å². The Morgan fingerprint density at radius 3 is 2.48 bits per heavy atom. The average Bonchev–Trinajstić information content (AvgIpc) is 3.23. The second kappa shape index (κ2) is 7.41. The van der Waals surface area contributed by atoms with E-state index in [-0.39, 0.29) is 23.8 Å². The van der Waals surface area contributed by atoms with E-state index in [1.165, 1.54) is 4.90 Å². The lowest BCUT2D eigenvalue weighted by atomic mass is 9.76. The largest absolute Gasteiger partial charge is 0.392 e. The fourth-order valence-corrected chi connectivity index (χ4v) is 6.43. The highest BCUT2D eigenvalue weighted by Crippen LogP contribution is 2.54. The molecule has 0 aromatic heterocycles. The highest BCUT2D eigenvalue weighted by atomic mass is 16.3. The number of aryl methyl sites for hydroxylation is 1. The van der Waals surface area contributed by atoms with Crippen LogP contribution in [0.25, 0.3) is 0 Å². The Bertz CT molecular complexity index is 937. The lowest BCUT2D eigenvalue weighted by molar-refractivity contribution is -0.146. The predicted molar refractivity (Wildman–Crippen MR) is 115 cm³/mol. The van der Waals surface area contributed by atoms with Gasteiger partial charge in [0.15, 0.2) is 0 Å². The van der Waals surface area contributed by atoms with Gasteiger partial charge < -0.3 is 10.4 Å². The summed E-state index contributed by atoms with van der Waals surface area (Å²) in [5, 5.41) is 16.8. The molecular weight excluding hydrogens is 394 g/mol. The van der Waals surface area contributed by atoms with Gasteiger partial charge in [-0.1, -0.05) is 50.8 Å². The van der Waals surface area contributed by atoms with Gasteiger partial charge in [0, 0.05) is 23.3 Å². The van der Waals surface area contributed by atoms with Crippen molar-refractivity contribution in [2.24, 2.45) is 11.8 Å². The highest BCUT2D eigenvalue weighted by Gasteiger charge is 2.71. The minimum Gasteiger partial charge on any atom is -0.392 e. The molecule has 1 aromatic rings. The number of likely N-dealkylation sites (tertiary alicyclic amines) is 1. The number of hydrogen-bond acceptors (Lipinski definition) is 5. The Labute approximate surface area is 182 Å². The zero-order valence-electron chi connectivity index (χ0n) is 18.2. The van der Waals surface area contributed by atoms with Gasteiger partial charge in [0.05, 0.1) is 17.9 Å². The molecule has 166 valence electrons. The van der Waals surface area contributed by atoms with E-state index in [4.69, 9.17) is 0 Å². The standard InChI is InChI=1S/C24H31N3O4/c1-3-14-9-8-12-16-20(14)25-23(31)24(16)18-17(19(26-24)13(2)28)21(29)27(22(18)30)15-10-6-4-5-7-11-15/h8-9,12-13,15,17-19,26,28H,3-7,10-11H2,1-2H3,(H,25,31)/t13?,17-,18-,19?,24?/m1/s1. The maximum absolute atomic E-state index is 13.9. The van der Waals surface area contributed by atoms with E-state index in [2.05, 4.69) is 10.6 Å². The number of rotatable bonds is 3. The summed E-state index contributed by atoms with van der Waals surface area (Å²) in [6.07, 6.45) is 5.76. The van der Waals surface area contributed by atoms with Gasteiger partial charge in [-0.15, -0.1) is 0 Å². The number of carbonyl (C=O) groups is 3. The summed E-state index contributed by atoms with van der Waals surface area (Å²) in [6.45, 7) is 3.64. The minimum atomic E-state index is -1.32. The van der Waals surface area contributed by atoms with Gasteiger partial charge in [-0.2, -0.15) is 0 Å². The van der Waals surface area contributed by atoms with Gasteiger partial charge in [-0.3, -0.25) is 24.6 Å². The number of aliphatic hydroxyl groups is 1. The van der Waals surface area contributed by atoms with E-state index < -0.39 is 29.5 Å². The van der Waals surface area contributed by atoms with Gasteiger partial charge in [-0.05, 0) is 31.7 Å². The zero-order chi connectivity index (χ0) is 21.9. The van der Waals surface area contributed by atoms with Crippen LogP contribution in [-0.2, 0) is 26.3 Å². The van der Waals surface area contributed by atoms with Crippen LogP contribution in [0.5, 0.6) is 0 Å². The topological polar surface area (TPSA) is 98.7 Å². The van der Waals surface area contributed by atoms with Gasteiger partial charge >= 0.3 is 0 Å². The van der Waals surface area contributed by atoms with E-state index in [9.17, 15) is 19.5 Å². The van der Waals surface area contributed by atoms with Crippen LogP contribution in [-0.4, -0.2) is 45.9 Å². The second-order valence-corrected chi connectivity index (χ2v) is 9.56. The molecule has 5 atom stereocenters. The van der Waals surface area contributed by atoms with E-state index in [0.29, 0.717) is 0 Å². The smallest absolute Gasteiger partial charge is 0.250 e. The van der Waals surface area contributed by atoms with Crippen molar-refractivity contribution in [2.75, 3.05) is 5.32 Å². The van der Waals surface area contributed by atoms with Crippen molar-refractivity contribution in [3.05, 3.63) is 29.3 Å². The number of carbonyl (C=O) groups excluding carboxylic acids is 3. The molecule has 3 unspecified atom stereocenters. The first-order chi connectivity index (χ1) is 14.9. The van der Waals surface area contributed by atoms with Crippen molar-refractivity contribution in [3.8, 4) is 0 Å². The number of imide groups is 1. The monoisotopic (exact) mass is 425 g/mol. The Balaban J connectivity index is 1.63. The predicted octanol–water partition coefficient (Wildman–Crippen LogP) is 2.07. The summed E-state index contributed by atoms with van der Waals surface area (Å²) in [4.78, 5) is 42.4. The Hall–Kier alpha value is -2.25. The summed E-state index contributed by atoms with van der Waals surface area (Å²) in [7, 11) is 0. The van der Waals surface area contributed by atoms with Crippen LogP contribution in [0.4, 0.5) is 5.69 Å². The number of amides is 3. The summed E-state index contributed by atoms with van der Waals surface area (Å²) in [6, 6.07) is 4.98. The molecule has 0 radical (unpaired) electrons. The molecular formula is C24H31N3O4. The van der Waals surface area contributed by atoms with Crippen molar-refractivity contribution >= 4 is 23.4 Å². The molecule has 0 bridgehead atoms. The summed E-state index contributed by atoms with van der Waals surface area (Å²) < 4.78 is 0. The van der Waals surface area contributed by atoms with Crippen molar-refractivity contribution in [3.63, 3.8) is 0 Å². The second-order valence-electron chi connectivity index (χ2n) is 9.56. The van der Waals surface area contributed by atoms with Crippen LogP contribution < -0.4 is 10.6 Å². The fraction of sp³-hybridized carbons (Fsp3) is 0.625. The van der Waals surface area contributed by atoms with E-state index in [0.717, 1.165) is 61.8 Å². The molecule has 31 heavy (non-hydrogen) atoms. The van der Waals surface area contributed by atoms with Gasteiger partial charge in [0.1, 0.15) is 5.54 Å². The molecule has 1 aromatic carbocycles. The van der Waals surface area contributed by atoms with E-state index in [1.807, 2.05) is 25.1 Å². The summed E-state index contributed by atoms with van der Waals surface area (Å²) in [5.74, 6) is -2.37. The minimum absolute atomic E-state index is 0.106. The van der Waals surface area contributed by atoms with Crippen LogP contribution in [0.1, 0.15) is 63.5 Å². The van der Waals surface area contributed by atoms with E-state index in [1.54, 1.807) is 6.92 Å². The quantitative estimate of drug-likeness (QED) is 0.509. The molecule has 3 amide bonds. The van der Waals surface area contributed by atoms with Gasteiger partial charge in [-0.25, -0.2) is 0 Å². The molecule has 7 nitrogen and oxygen atoms in total. The number of hydrogen-bond donors (Lipinski definition) is 3. The molecule has 4 aliphatic rings. The molecule has 3 aliphatic heterocycles. The summed E-state index contributed by atoms with van der Waals surface area (Å²) in [5.41, 5.74) is 1.14. The van der Waals surface area contributed by atoms with Crippen LogP contribution in [0.3, 0.4) is 0 Å². The first kappa shape index (κ1) is 20.6. The lowest BCUT2D eigenvalue weighted by Gasteiger charge is -2.32. The third kappa shape index (κ3) is 2.75. The lowest BCUT2D eigenvalue weighted by Crippen LogP contribution is -2.55. The van der Waals surface area contributed by atoms with Crippen molar-refractivity contribution in [2.45, 2.75) is 82.5 Å². The Morgan fingerprint density at radius 1 is 1.13 bits per heavy atom. The maximum Gasteiger partial charge on any atom is 0.250 e. The van der Waals surface area contributed by atoms with E-state index >= 15 is 0 Å². The van der Waals surface area contributed by atoms with Crippen molar-refractivity contribution < 1.29 is 19.5 Å². The SMILES string of the molecule is CCc1cccc2c1NC(=O)C21NC(C(C)O)[C@@H]2C(=O)N(C3CCCCCC3)C(=O)[C@@H]21. The molecule has 1 spiro atoms. The first-order valence-electron chi connectivity index (χ1n) is 11.7.